The maximum Gasteiger partial charge on any atom is 0.306 e. The number of carboxylic acids is 1. The zero-order chi connectivity index (χ0) is 11.3. The van der Waals surface area contributed by atoms with Crippen LogP contribution in [0.15, 0.2) is 0 Å². The number of fused-ring (bicyclic) bond motifs is 3. The highest BCUT2D eigenvalue weighted by atomic mass is 16.4. The third-order valence-corrected chi connectivity index (χ3v) is 4.58. The summed E-state index contributed by atoms with van der Waals surface area (Å²) in [4.78, 5) is 25.5. The average molecular weight is 223 g/mol. The van der Waals surface area contributed by atoms with Crippen molar-refractivity contribution in [2.75, 3.05) is 6.54 Å². The third-order valence-electron chi connectivity index (χ3n) is 4.58. The molecule has 4 nitrogen and oxygen atoms in total. The monoisotopic (exact) mass is 223 g/mol. The van der Waals surface area contributed by atoms with Gasteiger partial charge in [-0.1, -0.05) is 0 Å². The molecule has 1 aliphatic carbocycles. The zero-order valence-corrected chi connectivity index (χ0v) is 9.26. The lowest BCUT2D eigenvalue weighted by molar-refractivity contribution is -0.143. The van der Waals surface area contributed by atoms with Crippen molar-refractivity contribution in [2.24, 2.45) is 11.8 Å². The van der Waals surface area contributed by atoms with E-state index in [0.717, 1.165) is 32.2 Å². The molecular weight excluding hydrogens is 206 g/mol. The van der Waals surface area contributed by atoms with Crippen LogP contribution < -0.4 is 0 Å². The first-order valence-electron chi connectivity index (χ1n) is 6.21. The van der Waals surface area contributed by atoms with Crippen molar-refractivity contribution in [1.29, 1.82) is 0 Å². The Labute approximate surface area is 94.6 Å². The molecule has 16 heavy (non-hydrogen) atoms. The molecule has 0 radical (unpaired) electrons. The highest BCUT2D eigenvalue weighted by Crippen LogP contribution is 2.43. The van der Waals surface area contributed by atoms with E-state index >= 15 is 0 Å². The van der Waals surface area contributed by atoms with E-state index in [1.807, 2.05) is 0 Å². The summed E-state index contributed by atoms with van der Waals surface area (Å²) in [5, 5.41) is 9.02. The number of carbonyl (C=O) groups excluding carboxylic acids is 1. The van der Waals surface area contributed by atoms with Crippen LogP contribution in [0.1, 0.15) is 32.1 Å². The van der Waals surface area contributed by atoms with Crippen LogP contribution in [0.5, 0.6) is 0 Å². The van der Waals surface area contributed by atoms with E-state index in [-0.39, 0.29) is 17.9 Å². The van der Waals surface area contributed by atoms with Crippen LogP contribution in [0.4, 0.5) is 0 Å². The Kier molecular flexibility index (Phi) is 2.28. The molecule has 4 heteroatoms. The lowest BCUT2D eigenvalue weighted by atomic mass is 9.77. The molecule has 4 atom stereocenters. The Balaban J connectivity index is 1.80. The summed E-state index contributed by atoms with van der Waals surface area (Å²) >= 11 is 0. The summed E-state index contributed by atoms with van der Waals surface area (Å²) in [5.41, 5.74) is 0. The van der Waals surface area contributed by atoms with Crippen molar-refractivity contribution < 1.29 is 14.7 Å². The summed E-state index contributed by atoms with van der Waals surface area (Å²) in [6.07, 6.45) is 4.33. The highest BCUT2D eigenvalue weighted by Gasteiger charge is 2.52. The van der Waals surface area contributed by atoms with Crippen LogP contribution in [-0.2, 0) is 9.59 Å². The molecule has 2 saturated heterocycles. The fourth-order valence-electron chi connectivity index (χ4n) is 3.82. The second-order valence-electron chi connectivity index (χ2n) is 5.32. The predicted molar refractivity (Wildman–Crippen MR) is 57.0 cm³/mol. The van der Waals surface area contributed by atoms with E-state index in [2.05, 4.69) is 4.90 Å². The van der Waals surface area contributed by atoms with Crippen LogP contribution in [0.3, 0.4) is 0 Å². The number of nitrogens with zero attached hydrogens (tertiary/aromatic N) is 1. The molecule has 3 fully saturated rings. The number of ketones is 1. The summed E-state index contributed by atoms with van der Waals surface area (Å²) < 4.78 is 0. The van der Waals surface area contributed by atoms with Gasteiger partial charge in [-0.05, 0) is 38.6 Å². The molecule has 0 aromatic rings. The fraction of sp³-hybridized carbons (Fsp3) is 0.833. The molecule has 1 saturated carbocycles. The van der Waals surface area contributed by atoms with Crippen molar-refractivity contribution >= 4 is 11.8 Å². The third kappa shape index (κ3) is 1.32. The molecule has 2 aliphatic heterocycles. The largest absolute Gasteiger partial charge is 0.481 e. The van der Waals surface area contributed by atoms with Gasteiger partial charge in [-0.2, -0.15) is 0 Å². The summed E-state index contributed by atoms with van der Waals surface area (Å²) in [6, 6.07) is 0.484. The number of carboxylic acid groups (broad SMARTS) is 1. The topological polar surface area (TPSA) is 57.6 Å². The molecule has 0 aromatic heterocycles. The molecule has 3 aliphatic rings. The predicted octanol–water partition coefficient (Wildman–Crippen LogP) is 0.903. The van der Waals surface area contributed by atoms with Crippen LogP contribution >= 0.6 is 0 Å². The molecule has 2 heterocycles. The van der Waals surface area contributed by atoms with E-state index in [1.165, 1.54) is 0 Å². The minimum atomic E-state index is -0.724. The lowest BCUT2D eigenvalue weighted by Crippen LogP contribution is -2.38. The molecule has 0 spiro atoms. The summed E-state index contributed by atoms with van der Waals surface area (Å²) in [6.45, 7) is 1.04. The van der Waals surface area contributed by atoms with Gasteiger partial charge in [0.2, 0.25) is 0 Å². The highest BCUT2D eigenvalue weighted by molar-refractivity contribution is 5.90. The molecule has 88 valence electrons. The van der Waals surface area contributed by atoms with Crippen LogP contribution in [0.2, 0.25) is 0 Å². The van der Waals surface area contributed by atoms with Crippen molar-refractivity contribution in [3.63, 3.8) is 0 Å². The smallest absolute Gasteiger partial charge is 0.306 e. The number of carbonyl (C=O) groups is 2. The first-order valence-corrected chi connectivity index (χ1v) is 6.21. The van der Waals surface area contributed by atoms with Crippen molar-refractivity contribution in [3.8, 4) is 0 Å². The van der Waals surface area contributed by atoms with Gasteiger partial charge in [0.25, 0.3) is 0 Å². The van der Waals surface area contributed by atoms with Gasteiger partial charge in [-0.15, -0.1) is 0 Å². The van der Waals surface area contributed by atoms with Gasteiger partial charge in [0.15, 0.2) is 5.78 Å². The van der Waals surface area contributed by atoms with E-state index in [1.54, 1.807) is 0 Å². The Bertz CT molecular complexity index is 341. The molecule has 3 rings (SSSR count). The van der Waals surface area contributed by atoms with E-state index in [4.69, 9.17) is 5.11 Å². The van der Waals surface area contributed by atoms with E-state index < -0.39 is 5.97 Å². The van der Waals surface area contributed by atoms with Crippen molar-refractivity contribution in [3.05, 3.63) is 0 Å². The summed E-state index contributed by atoms with van der Waals surface area (Å²) in [7, 11) is 0. The molecule has 0 aromatic carbocycles. The average Bonchev–Trinajstić information content (AvgIpc) is 2.83. The fourth-order valence-corrected chi connectivity index (χ4v) is 3.82. The number of aliphatic carboxylic acids is 1. The second-order valence-corrected chi connectivity index (χ2v) is 5.32. The Morgan fingerprint density at radius 2 is 2.12 bits per heavy atom. The van der Waals surface area contributed by atoms with Gasteiger partial charge in [0.05, 0.1) is 12.0 Å². The Morgan fingerprint density at radius 3 is 2.88 bits per heavy atom. The van der Waals surface area contributed by atoms with Gasteiger partial charge in [0, 0.05) is 12.0 Å². The van der Waals surface area contributed by atoms with Gasteiger partial charge in [-0.3, -0.25) is 14.5 Å². The first-order chi connectivity index (χ1) is 7.68. The number of Topliss-reactive ketones (excluding diaryl/α,β-unsaturated/α-hetero) is 1. The first kappa shape index (κ1) is 10.3. The van der Waals surface area contributed by atoms with Crippen molar-refractivity contribution in [2.45, 2.75) is 44.2 Å². The van der Waals surface area contributed by atoms with Gasteiger partial charge in [-0.25, -0.2) is 0 Å². The second kappa shape index (κ2) is 3.55. The molecular formula is C12H17NO3. The molecule has 0 amide bonds. The van der Waals surface area contributed by atoms with Crippen molar-refractivity contribution in [1.82, 2.24) is 4.90 Å². The molecule has 0 unspecified atom stereocenters. The number of hydrogen-bond donors (Lipinski definition) is 1. The van der Waals surface area contributed by atoms with Crippen LogP contribution in [-0.4, -0.2) is 40.4 Å². The maximum atomic E-state index is 12.2. The summed E-state index contributed by atoms with van der Waals surface area (Å²) in [5.74, 6) is -0.669. The minimum absolute atomic E-state index is 0.0140. The maximum absolute atomic E-state index is 12.2. The number of hydrogen-bond acceptors (Lipinski definition) is 3. The van der Waals surface area contributed by atoms with Gasteiger partial charge in [0.1, 0.15) is 0 Å². The zero-order valence-electron chi connectivity index (χ0n) is 9.26. The normalized spacial score (nSPS) is 43.1. The van der Waals surface area contributed by atoms with E-state index in [0.29, 0.717) is 18.2 Å². The van der Waals surface area contributed by atoms with E-state index in [9.17, 15) is 9.59 Å². The molecule has 0 bridgehead atoms. The van der Waals surface area contributed by atoms with Gasteiger partial charge >= 0.3 is 5.97 Å². The minimum Gasteiger partial charge on any atom is -0.481 e. The molecule has 1 N–H and O–H groups in total. The SMILES string of the molecule is O=C(O)[C@@H]1CC[C@@H]2[C@@H](C1)C(=O)[C@@H]1CCCN21. The van der Waals surface area contributed by atoms with Gasteiger partial charge < -0.3 is 5.11 Å². The van der Waals surface area contributed by atoms with Crippen LogP contribution in [0, 0.1) is 11.8 Å². The lowest BCUT2D eigenvalue weighted by Gasteiger charge is -2.32. The standard InChI is InChI=1S/C12H17NO3/c14-11-8-6-7(12(15)16)3-4-9(8)13-5-1-2-10(11)13/h7-10H,1-6H2,(H,15,16)/t7-,8-,9-,10+/m1/s1. The Hall–Kier alpha value is -0.900. The number of rotatable bonds is 1. The Morgan fingerprint density at radius 1 is 1.31 bits per heavy atom. The van der Waals surface area contributed by atoms with Crippen LogP contribution in [0.25, 0.3) is 0 Å². The quantitative estimate of drug-likeness (QED) is 0.717.